The standard InChI is InChI=1S/C13H13N3O2/c1-8(15-18)11-7-16-6-5-14-13(17)10-4-2-3-9(11)12(10)16/h2-4,7-8H,5-6H2,1H3,(H,14,17). The normalized spacial score (nSPS) is 16.2. The number of benzene rings is 1. The molecule has 3 rings (SSSR count). The van der Waals surface area contributed by atoms with Crippen molar-refractivity contribution in [3.8, 4) is 0 Å². The van der Waals surface area contributed by atoms with Gasteiger partial charge in [0.15, 0.2) is 0 Å². The highest BCUT2D eigenvalue weighted by Crippen LogP contribution is 2.31. The van der Waals surface area contributed by atoms with E-state index in [0.717, 1.165) is 16.5 Å². The first kappa shape index (κ1) is 11.0. The van der Waals surface area contributed by atoms with Gasteiger partial charge in [0.2, 0.25) is 0 Å². The first-order chi connectivity index (χ1) is 8.72. The van der Waals surface area contributed by atoms with Gasteiger partial charge >= 0.3 is 0 Å². The van der Waals surface area contributed by atoms with Crippen molar-refractivity contribution >= 4 is 16.8 Å². The van der Waals surface area contributed by atoms with Crippen LogP contribution in [0.25, 0.3) is 10.9 Å². The molecule has 1 N–H and O–H groups in total. The lowest BCUT2D eigenvalue weighted by molar-refractivity contribution is 0.0956. The third-order valence-electron chi connectivity index (χ3n) is 3.42. The largest absolute Gasteiger partial charge is 0.350 e. The highest BCUT2D eigenvalue weighted by atomic mass is 16.3. The van der Waals surface area contributed by atoms with Crippen LogP contribution in [0.1, 0.15) is 28.9 Å². The molecule has 5 nitrogen and oxygen atoms in total. The minimum absolute atomic E-state index is 0.0595. The van der Waals surface area contributed by atoms with E-state index in [9.17, 15) is 9.70 Å². The van der Waals surface area contributed by atoms with Crippen molar-refractivity contribution in [2.24, 2.45) is 5.18 Å². The number of hydrogen-bond acceptors (Lipinski definition) is 3. The quantitative estimate of drug-likeness (QED) is 0.822. The predicted molar refractivity (Wildman–Crippen MR) is 68.5 cm³/mol. The molecule has 0 spiro atoms. The SMILES string of the molecule is CC(N=O)c1cn2c3c(cccc13)C(=O)NCC2. The maximum Gasteiger partial charge on any atom is 0.253 e. The van der Waals surface area contributed by atoms with Crippen molar-refractivity contribution in [2.45, 2.75) is 19.5 Å². The number of para-hydroxylation sites is 1. The molecule has 1 aliphatic heterocycles. The third-order valence-corrected chi connectivity index (χ3v) is 3.42. The van der Waals surface area contributed by atoms with Gasteiger partial charge in [-0.05, 0) is 13.0 Å². The first-order valence-corrected chi connectivity index (χ1v) is 5.95. The lowest BCUT2D eigenvalue weighted by Gasteiger charge is -2.03. The van der Waals surface area contributed by atoms with Crippen molar-refractivity contribution in [1.82, 2.24) is 9.88 Å². The highest BCUT2D eigenvalue weighted by Gasteiger charge is 2.21. The van der Waals surface area contributed by atoms with E-state index >= 15 is 0 Å². The molecule has 0 radical (unpaired) electrons. The Morgan fingerprint density at radius 1 is 1.44 bits per heavy atom. The summed E-state index contributed by atoms with van der Waals surface area (Å²) in [6.45, 7) is 3.08. The number of nitrogens with zero attached hydrogens (tertiary/aromatic N) is 2. The van der Waals surface area contributed by atoms with Crippen LogP contribution < -0.4 is 5.32 Å². The molecule has 0 bridgehead atoms. The van der Waals surface area contributed by atoms with Crippen LogP contribution in [0.5, 0.6) is 0 Å². The Bertz CT molecular complexity index is 645. The van der Waals surface area contributed by atoms with Gasteiger partial charge in [-0.3, -0.25) is 4.79 Å². The molecule has 18 heavy (non-hydrogen) atoms. The van der Waals surface area contributed by atoms with E-state index in [1.807, 2.05) is 29.0 Å². The summed E-state index contributed by atoms with van der Waals surface area (Å²) < 4.78 is 2.03. The summed E-state index contributed by atoms with van der Waals surface area (Å²) in [6.07, 6.45) is 1.93. The van der Waals surface area contributed by atoms with Gasteiger partial charge in [-0.25, -0.2) is 0 Å². The number of carbonyl (C=O) groups is 1. The summed E-state index contributed by atoms with van der Waals surface area (Å²) in [7, 11) is 0. The summed E-state index contributed by atoms with van der Waals surface area (Å²) >= 11 is 0. The molecule has 1 amide bonds. The fourth-order valence-electron chi connectivity index (χ4n) is 2.52. The Kier molecular flexibility index (Phi) is 2.40. The van der Waals surface area contributed by atoms with Gasteiger partial charge in [0.25, 0.3) is 5.91 Å². The van der Waals surface area contributed by atoms with Gasteiger partial charge in [-0.15, -0.1) is 0 Å². The van der Waals surface area contributed by atoms with Gasteiger partial charge in [0.1, 0.15) is 6.04 Å². The Balaban J connectivity index is 2.35. The van der Waals surface area contributed by atoms with E-state index < -0.39 is 6.04 Å². The minimum Gasteiger partial charge on any atom is -0.350 e. The Hall–Kier alpha value is -2.17. The second-order valence-electron chi connectivity index (χ2n) is 4.52. The summed E-state index contributed by atoms with van der Waals surface area (Å²) in [6, 6.07) is 5.19. The van der Waals surface area contributed by atoms with Crippen LogP contribution in [0, 0.1) is 4.91 Å². The fraction of sp³-hybridized carbons (Fsp3) is 0.308. The zero-order chi connectivity index (χ0) is 12.7. The summed E-state index contributed by atoms with van der Waals surface area (Å²) in [5.74, 6) is -0.0595. The van der Waals surface area contributed by atoms with E-state index in [1.54, 1.807) is 6.92 Å². The lowest BCUT2D eigenvalue weighted by atomic mass is 10.0. The zero-order valence-corrected chi connectivity index (χ0v) is 10.0. The van der Waals surface area contributed by atoms with Crippen molar-refractivity contribution in [3.05, 3.63) is 40.4 Å². The third kappa shape index (κ3) is 1.44. The molecule has 0 saturated heterocycles. The van der Waals surface area contributed by atoms with Crippen molar-refractivity contribution < 1.29 is 4.79 Å². The van der Waals surface area contributed by atoms with Crippen LogP contribution in [0.4, 0.5) is 0 Å². The van der Waals surface area contributed by atoms with Gasteiger partial charge in [0.05, 0.1) is 11.1 Å². The van der Waals surface area contributed by atoms with Crippen LogP contribution >= 0.6 is 0 Å². The molecule has 5 heteroatoms. The summed E-state index contributed by atoms with van der Waals surface area (Å²) in [5.41, 5.74) is 2.45. The van der Waals surface area contributed by atoms with E-state index in [1.165, 1.54) is 0 Å². The molecule has 1 aromatic carbocycles. The van der Waals surface area contributed by atoms with Crippen molar-refractivity contribution in [1.29, 1.82) is 0 Å². The monoisotopic (exact) mass is 243 g/mol. The number of amides is 1. The molecule has 92 valence electrons. The molecule has 1 aromatic heterocycles. The van der Waals surface area contributed by atoms with Gasteiger partial charge in [-0.1, -0.05) is 17.3 Å². The Morgan fingerprint density at radius 2 is 2.28 bits per heavy atom. The number of hydrogen-bond donors (Lipinski definition) is 1. The molecule has 1 atom stereocenters. The number of carbonyl (C=O) groups excluding carboxylic acids is 1. The van der Waals surface area contributed by atoms with Gasteiger partial charge < -0.3 is 9.88 Å². The highest BCUT2D eigenvalue weighted by molar-refractivity contribution is 6.07. The van der Waals surface area contributed by atoms with E-state index in [-0.39, 0.29) is 5.91 Å². The second-order valence-corrected chi connectivity index (χ2v) is 4.52. The average Bonchev–Trinajstić information content (AvgIpc) is 2.68. The van der Waals surface area contributed by atoms with Crippen LogP contribution in [-0.4, -0.2) is 17.0 Å². The van der Waals surface area contributed by atoms with Crippen molar-refractivity contribution in [2.75, 3.05) is 6.54 Å². The molecular weight excluding hydrogens is 230 g/mol. The number of nitrogens with one attached hydrogen (secondary N) is 1. The second kappa shape index (κ2) is 3.94. The molecule has 2 heterocycles. The molecule has 1 unspecified atom stereocenters. The van der Waals surface area contributed by atoms with E-state index in [2.05, 4.69) is 10.5 Å². The van der Waals surface area contributed by atoms with Crippen LogP contribution in [0.2, 0.25) is 0 Å². The molecule has 2 aromatic rings. The predicted octanol–water partition coefficient (Wildman–Crippen LogP) is 2.21. The molecular formula is C13H13N3O2. The Morgan fingerprint density at radius 3 is 3.06 bits per heavy atom. The minimum atomic E-state index is -0.397. The number of aromatic nitrogens is 1. The number of rotatable bonds is 2. The fourth-order valence-corrected chi connectivity index (χ4v) is 2.52. The summed E-state index contributed by atoms with van der Waals surface area (Å²) in [4.78, 5) is 22.7. The molecule has 0 fully saturated rings. The average molecular weight is 243 g/mol. The van der Waals surface area contributed by atoms with Crippen LogP contribution in [0.15, 0.2) is 29.6 Å². The molecule has 0 aliphatic carbocycles. The lowest BCUT2D eigenvalue weighted by Crippen LogP contribution is -2.24. The van der Waals surface area contributed by atoms with E-state index in [4.69, 9.17) is 0 Å². The van der Waals surface area contributed by atoms with Gasteiger partial charge in [-0.2, -0.15) is 4.91 Å². The van der Waals surface area contributed by atoms with Gasteiger partial charge in [0, 0.05) is 30.2 Å². The van der Waals surface area contributed by atoms with E-state index in [0.29, 0.717) is 18.7 Å². The summed E-state index contributed by atoms with van der Waals surface area (Å²) in [5, 5.41) is 6.88. The maximum absolute atomic E-state index is 11.9. The van der Waals surface area contributed by atoms with Crippen molar-refractivity contribution in [3.63, 3.8) is 0 Å². The Labute approximate surface area is 104 Å². The smallest absolute Gasteiger partial charge is 0.253 e. The number of nitroso groups, excluding NO2 is 1. The molecule has 1 aliphatic rings. The molecule has 0 saturated carbocycles. The zero-order valence-electron chi connectivity index (χ0n) is 10.0. The van der Waals surface area contributed by atoms with Crippen LogP contribution in [0.3, 0.4) is 0 Å². The maximum atomic E-state index is 11.9. The first-order valence-electron chi connectivity index (χ1n) is 5.95. The topological polar surface area (TPSA) is 63.5 Å². The van der Waals surface area contributed by atoms with Crippen LogP contribution in [-0.2, 0) is 6.54 Å².